The quantitative estimate of drug-likeness (QED) is 0.735. The van der Waals surface area contributed by atoms with Crippen molar-refractivity contribution < 1.29 is 4.79 Å². The molecule has 5 heteroatoms. The van der Waals surface area contributed by atoms with Gasteiger partial charge in [0.25, 0.3) is 0 Å². The number of urea groups is 1. The molecular formula is C10H18N4O. The van der Waals surface area contributed by atoms with Gasteiger partial charge in [0.2, 0.25) is 0 Å². The molecule has 3 N–H and O–H groups in total. The van der Waals surface area contributed by atoms with Crippen LogP contribution in [0.15, 0.2) is 24.8 Å². The summed E-state index contributed by atoms with van der Waals surface area (Å²) in [5, 5.41) is 2.52. The number of nitrogens with zero attached hydrogens (tertiary/aromatic N) is 2. The van der Waals surface area contributed by atoms with Crippen LogP contribution in [0.1, 0.15) is 26.2 Å². The molecule has 0 aliphatic heterocycles. The maximum atomic E-state index is 10.1. The molecule has 0 unspecified atom stereocenters. The van der Waals surface area contributed by atoms with Crippen LogP contribution >= 0.6 is 0 Å². The first-order valence-electron chi connectivity index (χ1n) is 5.00. The Morgan fingerprint density at radius 2 is 2.00 bits per heavy atom. The molecular weight excluding hydrogens is 192 g/mol. The van der Waals surface area contributed by atoms with Crippen LogP contribution in [-0.2, 0) is 0 Å². The Labute approximate surface area is 90.1 Å². The van der Waals surface area contributed by atoms with Crippen molar-refractivity contribution in [3.05, 3.63) is 24.8 Å². The van der Waals surface area contributed by atoms with E-state index in [2.05, 4.69) is 22.2 Å². The summed E-state index contributed by atoms with van der Waals surface area (Å²) in [5.74, 6) is 0. The molecule has 0 aliphatic rings. The van der Waals surface area contributed by atoms with Crippen molar-refractivity contribution in [1.82, 2.24) is 15.3 Å². The fourth-order valence-electron chi connectivity index (χ4n) is 0.840. The van der Waals surface area contributed by atoms with Crippen LogP contribution in [0, 0.1) is 0 Å². The van der Waals surface area contributed by atoms with Crippen LogP contribution in [0.4, 0.5) is 4.79 Å². The van der Waals surface area contributed by atoms with Gasteiger partial charge in [0.15, 0.2) is 0 Å². The van der Waals surface area contributed by atoms with Crippen LogP contribution < -0.4 is 11.1 Å². The lowest BCUT2D eigenvalue weighted by Crippen LogP contribution is -2.29. The van der Waals surface area contributed by atoms with Gasteiger partial charge >= 0.3 is 6.03 Å². The standard InChI is InChI=1S/C6H14N2O.C4H4N2/c1-2-3-4-5-8-6(7)9;1-2-5-4-6-3-1/h2-5H2,1H3,(H3,7,8,9);1-4H. The van der Waals surface area contributed by atoms with E-state index in [1.165, 1.54) is 12.7 Å². The van der Waals surface area contributed by atoms with Crippen LogP contribution in [-0.4, -0.2) is 22.5 Å². The number of aromatic nitrogens is 2. The van der Waals surface area contributed by atoms with E-state index in [9.17, 15) is 4.79 Å². The summed E-state index contributed by atoms with van der Waals surface area (Å²) < 4.78 is 0. The van der Waals surface area contributed by atoms with Crippen molar-refractivity contribution in [2.75, 3.05) is 6.54 Å². The van der Waals surface area contributed by atoms with Gasteiger partial charge in [-0.15, -0.1) is 0 Å². The minimum Gasteiger partial charge on any atom is -0.352 e. The number of unbranched alkanes of at least 4 members (excludes halogenated alkanes) is 2. The number of carbonyl (C=O) groups excluding carboxylic acids is 1. The molecule has 1 rings (SSSR count). The van der Waals surface area contributed by atoms with Crippen molar-refractivity contribution in [1.29, 1.82) is 0 Å². The Kier molecular flexibility index (Phi) is 9.28. The number of nitrogens with two attached hydrogens (primary N) is 1. The minimum absolute atomic E-state index is 0.425. The van der Waals surface area contributed by atoms with Crippen molar-refractivity contribution in [3.63, 3.8) is 0 Å². The summed E-state index contributed by atoms with van der Waals surface area (Å²) in [7, 11) is 0. The second-order valence-corrected chi connectivity index (χ2v) is 2.90. The lowest BCUT2D eigenvalue weighted by Gasteiger charge is -1.97. The second-order valence-electron chi connectivity index (χ2n) is 2.90. The average molecular weight is 210 g/mol. The number of hydrogen-bond acceptors (Lipinski definition) is 3. The number of hydrogen-bond donors (Lipinski definition) is 2. The molecule has 0 aromatic carbocycles. The highest BCUT2D eigenvalue weighted by Gasteiger charge is 1.88. The van der Waals surface area contributed by atoms with Gasteiger partial charge in [0.05, 0.1) is 0 Å². The van der Waals surface area contributed by atoms with E-state index in [4.69, 9.17) is 5.73 Å². The number of rotatable bonds is 4. The maximum absolute atomic E-state index is 10.1. The molecule has 0 radical (unpaired) electrons. The van der Waals surface area contributed by atoms with Crippen LogP contribution in [0.5, 0.6) is 0 Å². The summed E-state index contributed by atoms with van der Waals surface area (Å²) in [5.41, 5.74) is 4.82. The average Bonchev–Trinajstić information content (AvgIpc) is 2.28. The predicted octanol–water partition coefficient (Wildman–Crippen LogP) is 1.32. The van der Waals surface area contributed by atoms with Gasteiger partial charge in [0, 0.05) is 18.9 Å². The molecule has 0 aliphatic carbocycles. The Hall–Kier alpha value is -1.65. The van der Waals surface area contributed by atoms with Crippen LogP contribution in [0.2, 0.25) is 0 Å². The molecule has 0 spiro atoms. The lowest BCUT2D eigenvalue weighted by atomic mass is 10.2. The fourth-order valence-corrected chi connectivity index (χ4v) is 0.840. The molecule has 1 aromatic heterocycles. The highest BCUT2D eigenvalue weighted by molar-refractivity contribution is 5.71. The summed E-state index contributed by atoms with van der Waals surface area (Å²) in [6.07, 6.45) is 8.22. The minimum atomic E-state index is -0.425. The highest BCUT2D eigenvalue weighted by atomic mass is 16.2. The highest BCUT2D eigenvalue weighted by Crippen LogP contribution is 1.90. The van der Waals surface area contributed by atoms with E-state index in [1.807, 2.05) is 0 Å². The predicted molar refractivity (Wildman–Crippen MR) is 59.1 cm³/mol. The van der Waals surface area contributed by atoms with Gasteiger partial charge < -0.3 is 11.1 Å². The zero-order valence-electron chi connectivity index (χ0n) is 9.02. The third kappa shape index (κ3) is 12.4. The van der Waals surface area contributed by atoms with Crippen molar-refractivity contribution >= 4 is 6.03 Å². The second kappa shape index (κ2) is 10.4. The number of primary amides is 1. The van der Waals surface area contributed by atoms with Crippen molar-refractivity contribution in [2.45, 2.75) is 26.2 Å². The van der Waals surface area contributed by atoms with E-state index >= 15 is 0 Å². The summed E-state index contributed by atoms with van der Waals surface area (Å²) >= 11 is 0. The van der Waals surface area contributed by atoms with Crippen molar-refractivity contribution in [3.8, 4) is 0 Å². The van der Waals surface area contributed by atoms with E-state index in [0.717, 1.165) is 12.8 Å². The SMILES string of the molecule is CCCCCNC(N)=O.c1cncnc1. The zero-order valence-corrected chi connectivity index (χ0v) is 9.02. The molecule has 0 atom stereocenters. The molecule has 1 heterocycles. The van der Waals surface area contributed by atoms with E-state index in [0.29, 0.717) is 6.54 Å². The first-order valence-corrected chi connectivity index (χ1v) is 5.00. The third-order valence-electron chi connectivity index (χ3n) is 1.56. The Morgan fingerprint density at radius 3 is 2.33 bits per heavy atom. The molecule has 0 fully saturated rings. The zero-order chi connectivity index (χ0) is 11.4. The molecule has 2 amide bonds. The van der Waals surface area contributed by atoms with E-state index in [1.54, 1.807) is 18.5 Å². The Morgan fingerprint density at radius 1 is 1.33 bits per heavy atom. The number of carbonyl (C=O) groups is 1. The Balaban J connectivity index is 0.000000280. The summed E-state index contributed by atoms with van der Waals surface area (Å²) in [4.78, 5) is 17.4. The van der Waals surface area contributed by atoms with Gasteiger partial charge in [-0.2, -0.15) is 0 Å². The fraction of sp³-hybridized carbons (Fsp3) is 0.500. The van der Waals surface area contributed by atoms with Gasteiger partial charge in [-0.05, 0) is 12.5 Å². The number of amides is 2. The maximum Gasteiger partial charge on any atom is 0.312 e. The molecule has 1 aromatic rings. The van der Waals surface area contributed by atoms with Gasteiger partial charge in [-0.3, -0.25) is 0 Å². The summed E-state index contributed by atoms with van der Waals surface area (Å²) in [6.45, 7) is 2.83. The monoisotopic (exact) mass is 210 g/mol. The topological polar surface area (TPSA) is 80.9 Å². The molecule has 0 saturated carbocycles. The van der Waals surface area contributed by atoms with Crippen molar-refractivity contribution in [2.24, 2.45) is 5.73 Å². The van der Waals surface area contributed by atoms with Gasteiger partial charge in [-0.1, -0.05) is 19.8 Å². The van der Waals surface area contributed by atoms with Crippen LogP contribution in [0.3, 0.4) is 0 Å². The number of nitrogens with one attached hydrogen (secondary N) is 1. The molecule has 0 bridgehead atoms. The van der Waals surface area contributed by atoms with E-state index < -0.39 is 6.03 Å². The lowest BCUT2D eigenvalue weighted by molar-refractivity contribution is 0.248. The first kappa shape index (κ1) is 13.4. The largest absolute Gasteiger partial charge is 0.352 e. The first-order chi connectivity index (χ1) is 7.27. The van der Waals surface area contributed by atoms with Gasteiger partial charge in [-0.25, -0.2) is 14.8 Å². The van der Waals surface area contributed by atoms with Gasteiger partial charge in [0.1, 0.15) is 6.33 Å². The summed E-state index contributed by atoms with van der Waals surface area (Å²) in [6, 6.07) is 1.35. The van der Waals surface area contributed by atoms with E-state index in [-0.39, 0.29) is 0 Å². The molecule has 5 nitrogen and oxygen atoms in total. The molecule has 0 saturated heterocycles. The third-order valence-corrected chi connectivity index (χ3v) is 1.56. The molecule has 15 heavy (non-hydrogen) atoms. The molecule has 84 valence electrons. The normalized spacial score (nSPS) is 8.60. The smallest absolute Gasteiger partial charge is 0.312 e. The van der Waals surface area contributed by atoms with Crippen LogP contribution in [0.25, 0.3) is 0 Å². The Bertz CT molecular complexity index is 214.